The van der Waals surface area contributed by atoms with Gasteiger partial charge in [-0.15, -0.1) is 0 Å². The highest BCUT2D eigenvalue weighted by Crippen LogP contribution is 2.22. The standard InChI is InChI=1S/C9H14O/c1-3-7(2)9(10)8-5-4-6-8/h5,7H,3-4,6H2,1-2H3. The molecule has 1 heteroatoms. The number of allylic oxidation sites excluding steroid dienone is 2. The lowest BCUT2D eigenvalue weighted by molar-refractivity contribution is -0.119. The summed E-state index contributed by atoms with van der Waals surface area (Å²) in [6.45, 7) is 4.06. The van der Waals surface area contributed by atoms with Crippen molar-refractivity contribution in [2.75, 3.05) is 0 Å². The van der Waals surface area contributed by atoms with Gasteiger partial charge in [0.2, 0.25) is 0 Å². The van der Waals surface area contributed by atoms with Gasteiger partial charge in [0, 0.05) is 5.92 Å². The maximum absolute atomic E-state index is 11.3. The van der Waals surface area contributed by atoms with Gasteiger partial charge < -0.3 is 0 Å². The molecule has 0 aromatic carbocycles. The van der Waals surface area contributed by atoms with Crippen LogP contribution in [0.3, 0.4) is 0 Å². The fourth-order valence-electron chi connectivity index (χ4n) is 1.01. The van der Waals surface area contributed by atoms with Gasteiger partial charge >= 0.3 is 0 Å². The van der Waals surface area contributed by atoms with Crippen LogP contribution in [0.4, 0.5) is 0 Å². The third-order valence-corrected chi connectivity index (χ3v) is 2.18. The fourth-order valence-corrected chi connectivity index (χ4v) is 1.01. The number of Topliss-reactive ketones (excluding diaryl/α,β-unsaturated/α-hetero) is 1. The van der Waals surface area contributed by atoms with Crippen molar-refractivity contribution in [3.8, 4) is 0 Å². The van der Waals surface area contributed by atoms with E-state index in [1.165, 1.54) is 0 Å². The smallest absolute Gasteiger partial charge is 0.161 e. The van der Waals surface area contributed by atoms with Crippen molar-refractivity contribution in [2.45, 2.75) is 33.1 Å². The van der Waals surface area contributed by atoms with E-state index in [1.54, 1.807) is 0 Å². The van der Waals surface area contributed by atoms with E-state index in [9.17, 15) is 4.79 Å². The molecule has 0 spiro atoms. The summed E-state index contributed by atoms with van der Waals surface area (Å²) in [6.07, 6.45) is 5.14. The van der Waals surface area contributed by atoms with Crippen molar-refractivity contribution in [1.29, 1.82) is 0 Å². The molecule has 56 valence electrons. The Hall–Kier alpha value is -0.590. The predicted octanol–water partition coefficient (Wildman–Crippen LogP) is 2.32. The third-order valence-electron chi connectivity index (χ3n) is 2.18. The molecule has 0 saturated carbocycles. The lowest BCUT2D eigenvalue weighted by Gasteiger charge is -2.16. The molecule has 0 aromatic heterocycles. The molecule has 0 amide bonds. The van der Waals surface area contributed by atoms with Crippen molar-refractivity contribution in [3.63, 3.8) is 0 Å². The van der Waals surface area contributed by atoms with Crippen molar-refractivity contribution in [1.82, 2.24) is 0 Å². The van der Waals surface area contributed by atoms with Crippen LogP contribution in [0.25, 0.3) is 0 Å². The first kappa shape index (κ1) is 7.52. The summed E-state index contributed by atoms with van der Waals surface area (Å²) < 4.78 is 0. The maximum Gasteiger partial charge on any atom is 0.161 e. The zero-order valence-corrected chi connectivity index (χ0v) is 6.68. The van der Waals surface area contributed by atoms with Gasteiger partial charge in [0.15, 0.2) is 5.78 Å². The first-order chi connectivity index (χ1) is 4.75. The number of rotatable bonds is 3. The van der Waals surface area contributed by atoms with Crippen LogP contribution in [0.5, 0.6) is 0 Å². The van der Waals surface area contributed by atoms with Gasteiger partial charge in [-0.2, -0.15) is 0 Å². The van der Waals surface area contributed by atoms with E-state index in [2.05, 4.69) is 13.0 Å². The molecular weight excluding hydrogens is 124 g/mol. The minimum Gasteiger partial charge on any atom is -0.294 e. The average Bonchev–Trinajstić information content (AvgIpc) is 1.82. The second-order valence-electron chi connectivity index (χ2n) is 2.94. The number of carbonyl (C=O) groups excluding carboxylic acids is 1. The number of hydrogen-bond acceptors (Lipinski definition) is 1. The molecule has 0 aromatic rings. The highest BCUT2D eigenvalue weighted by atomic mass is 16.1. The Balaban J connectivity index is 2.48. The monoisotopic (exact) mass is 138 g/mol. The summed E-state index contributed by atoms with van der Waals surface area (Å²) in [5.74, 6) is 0.611. The predicted molar refractivity (Wildman–Crippen MR) is 41.8 cm³/mol. The van der Waals surface area contributed by atoms with Crippen LogP contribution in [0.1, 0.15) is 33.1 Å². The quantitative estimate of drug-likeness (QED) is 0.585. The summed E-state index contributed by atoms with van der Waals surface area (Å²) in [7, 11) is 0. The highest BCUT2D eigenvalue weighted by molar-refractivity contribution is 5.97. The van der Waals surface area contributed by atoms with Crippen molar-refractivity contribution < 1.29 is 4.79 Å². The molecule has 0 radical (unpaired) electrons. The van der Waals surface area contributed by atoms with Gasteiger partial charge in [0.05, 0.1) is 0 Å². The number of ketones is 1. The second kappa shape index (κ2) is 3.00. The van der Waals surface area contributed by atoms with E-state index in [0.29, 0.717) is 5.78 Å². The van der Waals surface area contributed by atoms with Gasteiger partial charge in [-0.25, -0.2) is 0 Å². The molecule has 1 rings (SSSR count). The van der Waals surface area contributed by atoms with E-state index >= 15 is 0 Å². The van der Waals surface area contributed by atoms with Gasteiger partial charge in [-0.05, 0) is 24.8 Å². The van der Waals surface area contributed by atoms with Crippen molar-refractivity contribution in [3.05, 3.63) is 11.6 Å². The molecule has 0 saturated heterocycles. The minimum atomic E-state index is 0.242. The summed E-state index contributed by atoms with van der Waals surface area (Å²) in [6, 6.07) is 0. The molecule has 0 aliphatic heterocycles. The molecule has 10 heavy (non-hydrogen) atoms. The first-order valence-corrected chi connectivity index (χ1v) is 3.99. The summed E-state index contributed by atoms with van der Waals surface area (Å²) in [5.41, 5.74) is 1.06. The van der Waals surface area contributed by atoms with Crippen molar-refractivity contribution >= 4 is 5.78 Å². The van der Waals surface area contributed by atoms with Gasteiger partial charge in [0.1, 0.15) is 0 Å². The molecular formula is C9H14O. The summed E-state index contributed by atoms with van der Waals surface area (Å²) in [4.78, 5) is 11.3. The Labute approximate surface area is 62.1 Å². The van der Waals surface area contributed by atoms with Crippen LogP contribution in [0, 0.1) is 5.92 Å². The Morgan fingerprint density at radius 1 is 1.80 bits per heavy atom. The van der Waals surface area contributed by atoms with Crippen LogP contribution in [0.2, 0.25) is 0 Å². The Morgan fingerprint density at radius 3 is 2.70 bits per heavy atom. The fraction of sp³-hybridized carbons (Fsp3) is 0.667. The summed E-state index contributed by atoms with van der Waals surface area (Å²) >= 11 is 0. The van der Waals surface area contributed by atoms with E-state index < -0.39 is 0 Å². The van der Waals surface area contributed by atoms with Crippen LogP contribution in [-0.2, 0) is 4.79 Å². The van der Waals surface area contributed by atoms with Crippen LogP contribution in [-0.4, -0.2) is 5.78 Å². The Morgan fingerprint density at radius 2 is 2.40 bits per heavy atom. The van der Waals surface area contributed by atoms with Crippen molar-refractivity contribution in [2.24, 2.45) is 5.92 Å². The normalized spacial score (nSPS) is 19.2. The first-order valence-electron chi connectivity index (χ1n) is 3.99. The van der Waals surface area contributed by atoms with Gasteiger partial charge in [-0.3, -0.25) is 4.79 Å². The topological polar surface area (TPSA) is 17.1 Å². The Bertz CT molecular complexity index is 168. The molecule has 1 atom stereocenters. The molecule has 0 N–H and O–H groups in total. The Kier molecular flexibility index (Phi) is 2.25. The second-order valence-corrected chi connectivity index (χ2v) is 2.94. The number of hydrogen-bond donors (Lipinski definition) is 0. The van der Waals surface area contributed by atoms with Gasteiger partial charge in [-0.1, -0.05) is 19.9 Å². The van der Waals surface area contributed by atoms with E-state index in [4.69, 9.17) is 0 Å². The van der Waals surface area contributed by atoms with Crippen LogP contribution < -0.4 is 0 Å². The molecule has 0 bridgehead atoms. The largest absolute Gasteiger partial charge is 0.294 e. The highest BCUT2D eigenvalue weighted by Gasteiger charge is 2.18. The molecule has 1 aliphatic carbocycles. The van der Waals surface area contributed by atoms with E-state index in [0.717, 1.165) is 24.8 Å². The minimum absolute atomic E-state index is 0.242. The maximum atomic E-state index is 11.3. The molecule has 1 nitrogen and oxygen atoms in total. The zero-order valence-electron chi connectivity index (χ0n) is 6.68. The SMILES string of the molecule is CCC(C)C(=O)C1=CCC1. The zero-order chi connectivity index (χ0) is 7.56. The van der Waals surface area contributed by atoms with E-state index in [-0.39, 0.29) is 5.92 Å². The average molecular weight is 138 g/mol. The third kappa shape index (κ3) is 1.28. The molecule has 1 unspecified atom stereocenters. The van der Waals surface area contributed by atoms with Crippen LogP contribution >= 0.6 is 0 Å². The molecule has 1 aliphatic rings. The summed E-state index contributed by atoms with van der Waals surface area (Å²) in [5, 5.41) is 0. The lowest BCUT2D eigenvalue weighted by atomic mass is 9.88. The molecule has 0 heterocycles. The molecule has 0 fully saturated rings. The lowest BCUT2D eigenvalue weighted by Crippen LogP contribution is -2.15. The van der Waals surface area contributed by atoms with E-state index in [1.807, 2.05) is 6.92 Å². The van der Waals surface area contributed by atoms with Crippen LogP contribution in [0.15, 0.2) is 11.6 Å². The number of carbonyl (C=O) groups is 1. The van der Waals surface area contributed by atoms with Gasteiger partial charge in [0.25, 0.3) is 0 Å².